The van der Waals surface area contributed by atoms with Gasteiger partial charge in [0.25, 0.3) is 0 Å². The zero-order chi connectivity index (χ0) is 20.4. The zero-order valence-electron chi connectivity index (χ0n) is 16.5. The highest BCUT2D eigenvalue weighted by Gasteiger charge is 2.51. The standard InChI is InChI=1S/C23H23N3O3/c1-25(16-18-12-13-29-24-18)21(27)15-23(14-17-8-4-3-5-9-17)19-10-6-7-11-20(19)26(2)22(23)28/h3-13H,14-16H2,1-2H3/t23-/m0/s1. The van der Waals surface area contributed by atoms with E-state index < -0.39 is 5.41 Å². The number of likely N-dealkylation sites (N-methyl/N-ethyl adjacent to an activating group) is 1. The summed E-state index contributed by atoms with van der Waals surface area (Å²) in [6.45, 7) is 0.336. The van der Waals surface area contributed by atoms with Crippen molar-refractivity contribution in [2.45, 2.75) is 24.8 Å². The molecule has 0 bridgehead atoms. The van der Waals surface area contributed by atoms with Crippen molar-refractivity contribution in [3.8, 4) is 0 Å². The Morgan fingerprint density at radius 2 is 1.83 bits per heavy atom. The number of nitrogens with zero attached hydrogens (tertiary/aromatic N) is 3. The van der Waals surface area contributed by atoms with Crippen LogP contribution in [0.4, 0.5) is 5.69 Å². The number of amides is 2. The van der Waals surface area contributed by atoms with E-state index in [9.17, 15) is 9.59 Å². The Balaban J connectivity index is 1.70. The summed E-state index contributed by atoms with van der Waals surface area (Å²) in [5, 5.41) is 3.87. The Kier molecular flexibility index (Phi) is 4.92. The highest BCUT2D eigenvalue weighted by atomic mass is 16.5. The summed E-state index contributed by atoms with van der Waals surface area (Å²) in [6, 6.07) is 19.3. The van der Waals surface area contributed by atoms with Crippen LogP contribution in [0.2, 0.25) is 0 Å². The lowest BCUT2D eigenvalue weighted by molar-refractivity contribution is -0.135. The minimum Gasteiger partial charge on any atom is -0.364 e. The second kappa shape index (κ2) is 7.54. The molecule has 0 fully saturated rings. The quantitative estimate of drug-likeness (QED) is 0.649. The van der Waals surface area contributed by atoms with Crippen molar-refractivity contribution in [3.63, 3.8) is 0 Å². The second-order valence-electron chi connectivity index (χ2n) is 7.54. The fraction of sp³-hybridized carbons (Fsp3) is 0.261. The molecule has 1 aliphatic heterocycles. The Hall–Kier alpha value is -3.41. The van der Waals surface area contributed by atoms with Gasteiger partial charge in [0.1, 0.15) is 12.0 Å². The lowest BCUT2D eigenvalue weighted by Crippen LogP contribution is -2.44. The van der Waals surface area contributed by atoms with Crippen LogP contribution in [0.15, 0.2) is 71.4 Å². The van der Waals surface area contributed by atoms with Gasteiger partial charge in [-0.25, -0.2) is 0 Å². The molecular weight excluding hydrogens is 366 g/mol. The molecule has 29 heavy (non-hydrogen) atoms. The van der Waals surface area contributed by atoms with E-state index in [2.05, 4.69) is 5.16 Å². The predicted molar refractivity (Wildman–Crippen MR) is 109 cm³/mol. The molecular formula is C23H23N3O3. The number of carbonyl (C=O) groups is 2. The van der Waals surface area contributed by atoms with Crippen molar-refractivity contribution in [1.82, 2.24) is 10.1 Å². The van der Waals surface area contributed by atoms with Crippen molar-refractivity contribution in [2.24, 2.45) is 0 Å². The summed E-state index contributed by atoms with van der Waals surface area (Å²) in [4.78, 5) is 29.9. The third-order valence-electron chi connectivity index (χ3n) is 5.61. The second-order valence-corrected chi connectivity index (χ2v) is 7.54. The molecule has 0 unspecified atom stereocenters. The maximum Gasteiger partial charge on any atom is 0.238 e. The Morgan fingerprint density at radius 1 is 1.10 bits per heavy atom. The summed E-state index contributed by atoms with van der Waals surface area (Å²) >= 11 is 0. The topological polar surface area (TPSA) is 66.7 Å². The molecule has 0 radical (unpaired) electrons. The molecule has 148 valence electrons. The van der Waals surface area contributed by atoms with E-state index in [0.29, 0.717) is 18.7 Å². The van der Waals surface area contributed by atoms with Gasteiger partial charge in [0.05, 0.1) is 12.0 Å². The van der Waals surface area contributed by atoms with Crippen LogP contribution in [0.5, 0.6) is 0 Å². The number of anilines is 1. The van der Waals surface area contributed by atoms with Crippen molar-refractivity contribution in [3.05, 3.63) is 83.7 Å². The minimum absolute atomic E-state index is 0.0502. The van der Waals surface area contributed by atoms with Crippen LogP contribution in [0, 0.1) is 0 Å². The Bertz CT molecular complexity index is 1020. The smallest absolute Gasteiger partial charge is 0.238 e. The SMILES string of the molecule is CN(Cc1ccon1)C(=O)C[C@]1(Cc2ccccc2)C(=O)N(C)c2ccccc21. The highest BCUT2D eigenvalue weighted by Crippen LogP contribution is 2.45. The Labute approximate surface area is 169 Å². The van der Waals surface area contributed by atoms with Crippen molar-refractivity contribution >= 4 is 17.5 Å². The van der Waals surface area contributed by atoms with Crippen molar-refractivity contribution in [2.75, 3.05) is 19.0 Å². The number of hydrogen-bond donors (Lipinski definition) is 0. The molecule has 2 heterocycles. The van der Waals surface area contributed by atoms with Crippen LogP contribution in [0.3, 0.4) is 0 Å². The largest absolute Gasteiger partial charge is 0.364 e. The van der Waals surface area contributed by atoms with Crippen LogP contribution < -0.4 is 4.90 Å². The summed E-state index contributed by atoms with van der Waals surface area (Å²) in [5.74, 6) is -0.159. The van der Waals surface area contributed by atoms with Crippen LogP contribution >= 0.6 is 0 Å². The Morgan fingerprint density at radius 3 is 2.55 bits per heavy atom. The van der Waals surface area contributed by atoms with Crippen molar-refractivity contribution < 1.29 is 14.1 Å². The number of para-hydroxylation sites is 1. The van der Waals surface area contributed by atoms with Crippen LogP contribution in [-0.2, 0) is 28.0 Å². The molecule has 1 atom stereocenters. The van der Waals surface area contributed by atoms with Gasteiger partial charge in [-0.2, -0.15) is 0 Å². The molecule has 4 rings (SSSR count). The van der Waals surface area contributed by atoms with Gasteiger partial charge in [0.15, 0.2) is 0 Å². The number of rotatable bonds is 6. The fourth-order valence-electron chi connectivity index (χ4n) is 4.11. The number of carbonyl (C=O) groups excluding carboxylic acids is 2. The van der Waals surface area contributed by atoms with Crippen LogP contribution in [0.1, 0.15) is 23.2 Å². The highest BCUT2D eigenvalue weighted by molar-refractivity contribution is 6.09. The van der Waals surface area contributed by atoms with E-state index in [-0.39, 0.29) is 18.2 Å². The van der Waals surface area contributed by atoms with Crippen LogP contribution in [0.25, 0.3) is 0 Å². The van der Waals surface area contributed by atoms with Gasteiger partial charge < -0.3 is 14.3 Å². The number of fused-ring (bicyclic) bond motifs is 1. The molecule has 6 heteroatoms. The van der Waals surface area contributed by atoms with Gasteiger partial charge in [-0.15, -0.1) is 0 Å². The lowest BCUT2D eigenvalue weighted by Gasteiger charge is -2.30. The van der Waals surface area contributed by atoms with Crippen LogP contribution in [-0.4, -0.2) is 36.0 Å². The van der Waals surface area contributed by atoms with Gasteiger partial charge in [0.2, 0.25) is 11.8 Å². The summed E-state index contributed by atoms with van der Waals surface area (Å²) in [7, 11) is 3.50. The van der Waals surface area contributed by atoms with E-state index in [1.54, 1.807) is 30.0 Å². The molecule has 0 spiro atoms. The maximum absolute atomic E-state index is 13.5. The van der Waals surface area contributed by atoms with Gasteiger partial charge >= 0.3 is 0 Å². The molecule has 2 amide bonds. The lowest BCUT2D eigenvalue weighted by atomic mass is 9.73. The third-order valence-corrected chi connectivity index (χ3v) is 5.61. The van der Waals surface area contributed by atoms with Gasteiger partial charge in [-0.1, -0.05) is 53.7 Å². The average Bonchev–Trinajstić information content (AvgIpc) is 3.31. The first-order valence-corrected chi connectivity index (χ1v) is 9.56. The van der Waals surface area contributed by atoms with E-state index in [1.165, 1.54) is 6.26 Å². The summed E-state index contributed by atoms with van der Waals surface area (Å²) in [5.41, 5.74) is 2.54. The summed E-state index contributed by atoms with van der Waals surface area (Å²) in [6.07, 6.45) is 2.05. The average molecular weight is 389 g/mol. The van der Waals surface area contributed by atoms with E-state index in [1.807, 2.05) is 54.6 Å². The van der Waals surface area contributed by atoms with Gasteiger partial charge in [-0.3, -0.25) is 9.59 Å². The van der Waals surface area contributed by atoms with E-state index in [4.69, 9.17) is 4.52 Å². The first kappa shape index (κ1) is 18.9. The van der Waals surface area contributed by atoms with Crippen molar-refractivity contribution in [1.29, 1.82) is 0 Å². The number of aromatic nitrogens is 1. The molecule has 2 aromatic carbocycles. The molecule has 3 aromatic rings. The molecule has 1 aromatic heterocycles. The third kappa shape index (κ3) is 3.42. The van der Waals surface area contributed by atoms with Gasteiger partial charge in [-0.05, 0) is 23.6 Å². The maximum atomic E-state index is 13.5. The zero-order valence-corrected chi connectivity index (χ0v) is 16.5. The fourth-order valence-corrected chi connectivity index (χ4v) is 4.11. The molecule has 0 N–H and O–H groups in total. The number of hydrogen-bond acceptors (Lipinski definition) is 4. The normalized spacial score (nSPS) is 18.0. The molecule has 0 saturated heterocycles. The van der Waals surface area contributed by atoms with E-state index in [0.717, 1.165) is 16.8 Å². The first-order valence-electron chi connectivity index (χ1n) is 9.56. The van der Waals surface area contributed by atoms with Gasteiger partial charge in [0, 0.05) is 32.3 Å². The number of benzene rings is 2. The molecule has 0 saturated carbocycles. The molecule has 0 aliphatic carbocycles. The molecule has 1 aliphatic rings. The predicted octanol–water partition coefficient (Wildman–Crippen LogP) is 3.18. The first-order chi connectivity index (χ1) is 14.0. The monoisotopic (exact) mass is 389 g/mol. The summed E-state index contributed by atoms with van der Waals surface area (Å²) < 4.78 is 4.86. The minimum atomic E-state index is -0.929. The van der Waals surface area contributed by atoms with E-state index >= 15 is 0 Å². The molecule has 6 nitrogen and oxygen atoms in total.